The lowest BCUT2D eigenvalue weighted by Gasteiger charge is -2.15. The summed E-state index contributed by atoms with van der Waals surface area (Å²) in [5.41, 5.74) is 5.23. The van der Waals surface area contributed by atoms with Crippen LogP contribution in [0.3, 0.4) is 0 Å². The predicted octanol–water partition coefficient (Wildman–Crippen LogP) is 0.355. The standard InChI is InChI=1S/C4H13N2O2P3/c5-2-1-3(4(7)8)6-11(9)10/h3,6H,1-2,5,9-10H2,(H,7,8). The van der Waals surface area contributed by atoms with Crippen molar-refractivity contribution in [2.24, 2.45) is 5.73 Å². The summed E-state index contributed by atoms with van der Waals surface area (Å²) in [7, 11) is 4.48. The van der Waals surface area contributed by atoms with Gasteiger partial charge in [-0.3, -0.25) is 9.88 Å². The van der Waals surface area contributed by atoms with Crippen molar-refractivity contribution in [2.45, 2.75) is 12.5 Å². The normalized spacial score (nSPS) is 13.5. The van der Waals surface area contributed by atoms with Crippen LogP contribution >= 0.6 is 25.3 Å². The van der Waals surface area contributed by atoms with Gasteiger partial charge in [0, 0.05) is 0 Å². The predicted molar refractivity (Wildman–Crippen MR) is 54.6 cm³/mol. The molecule has 0 radical (unpaired) electrons. The number of carboxylic acids is 1. The maximum absolute atomic E-state index is 10.5. The van der Waals surface area contributed by atoms with Gasteiger partial charge in [-0.2, -0.15) is 0 Å². The van der Waals surface area contributed by atoms with Crippen molar-refractivity contribution in [2.75, 3.05) is 6.54 Å². The molecule has 3 unspecified atom stereocenters. The molecule has 0 saturated heterocycles. The van der Waals surface area contributed by atoms with E-state index in [0.717, 1.165) is 0 Å². The highest BCUT2D eigenvalue weighted by molar-refractivity contribution is 8.42. The van der Waals surface area contributed by atoms with Crippen LogP contribution in [0.1, 0.15) is 6.42 Å². The van der Waals surface area contributed by atoms with Crippen molar-refractivity contribution in [1.29, 1.82) is 0 Å². The van der Waals surface area contributed by atoms with E-state index in [1.165, 1.54) is 0 Å². The molecule has 0 aromatic heterocycles. The second kappa shape index (κ2) is 6.22. The maximum atomic E-state index is 10.5. The van der Waals surface area contributed by atoms with Gasteiger partial charge in [-0.15, -0.1) is 0 Å². The Bertz CT molecular complexity index is 133. The first kappa shape index (κ1) is 11.7. The van der Waals surface area contributed by atoms with Gasteiger partial charge in [0.1, 0.15) is 6.04 Å². The number of nitrogens with two attached hydrogens (primary N) is 1. The Labute approximate surface area is 71.7 Å². The second-order valence-electron chi connectivity index (χ2n) is 2.00. The summed E-state index contributed by atoms with van der Waals surface area (Å²) in [4.78, 5) is 10.5. The Morgan fingerprint density at radius 2 is 2.27 bits per heavy atom. The highest BCUT2D eigenvalue weighted by atomic mass is 32.4. The van der Waals surface area contributed by atoms with Crippen LogP contribution in [0.5, 0.6) is 0 Å². The Morgan fingerprint density at radius 1 is 1.73 bits per heavy atom. The minimum Gasteiger partial charge on any atom is -0.480 e. The largest absolute Gasteiger partial charge is 0.480 e. The fourth-order valence-corrected chi connectivity index (χ4v) is 2.27. The average Bonchev–Trinajstić information content (AvgIpc) is 1.86. The molecule has 0 rings (SSSR count). The SMILES string of the molecule is NCCC(NP(P)P)C(=O)O. The fraction of sp³-hybridized carbons (Fsp3) is 0.750. The summed E-state index contributed by atoms with van der Waals surface area (Å²) in [6, 6.07) is -0.513. The maximum Gasteiger partial charge on any atom is 0.321 e. The monoisotopic (exact) mass is 214 g/mol. The molecule has 66 valence electrons. The van der Waals surface area contributed by atoms with E-state index >= 15 is 0 Å². The molecule has 0 fully saturated rings. The van der Waals surface area contributed by atoms with Crippen LogP contribution in [-0.2, 0) is 4.79 Å². The van der Waals surface area contributed by atoms with Gasteiger partial charge >= 0.3 is 5.97 Å². The molecule has 7 heteroatoms. The molecule has 0 bridgehead atoms. The third-order valence-electron chi connectivity index (χ3n) is 1.06. The first-order chi connectivity index (χ1) is 5.07. The minimum absolute atomic E-state index is 0.391. The zero-order valence-electron chi connectivity index (χ0n) is 6.03. The summed E-state index contributed by atoms with van der Waals surface area (Å²) in [5, 5.41) is 11.5. The van der Waals surface area contributed by atoms with Crippen LogP contribution in [0.15, 0.2) is 0 Å². The van der Waals surface area contributed by atoms with E-state index in [-0.39, 0.29) is 0 Å². The van der Waals surface area contributed by atoms with Gasteiger partial charge in [-0.25, -0.2) is 0 Å². The molecule has 0 spiro atoms. The molecule has 4 nitrogen and oxygen atoms in total. The van der Waals surface area contributed by atoms with Gasteiger partial charge < -0.3 is 10.8 Å². The molecule has 0 amide bonds. The highest BCUT2D eigenvalue weighted by Gasteiger charge is 2.16. The smallest absolute Gasteiger partial charge is 0.321 e. The zero-order chi connectivity index (χ0) is 8.85. The van der Waals surface area contributed by atoms with Crippen molar-refractivity contribution in [1.82, 2.24) is 5.09 Å². The summed E-state index contributed by atoms with van der Waals surface area (Å²) in [5.74, 6) is -0.840. The molecule has 0 aliphatic heterocycles. The third-order valence-corrected chi connectivity index (χ3v) is 2.56. The van der Waals surface area contributed by atoms with Crippen LogP contribution in [0.4, 0.5) is 0 Å². The van der Waals surface area contributed by atoms with Gasteiger partial charge in [0.2, 0.25) is 0 Å². The van der Waals surface area contributed by atoms with Crippen LogP contribution in [-0.4, -0.2) is 23.7 Å². The van der Waals surface area contributed by atoms with Crippen molar-refractivity contribution in [3.05, 3.63) is 0 Å². The average molecular weight is 214 g/mol. The molecular weight excluding hydrogens is 201 g/mol. The van der Waals surface area contributed by atoms with Crippen molar-refractivity contribution in [3.63, 3.8) is 0 Å². The molecule has 4 N–H and O–H groups in total. The van der Waals surface area contributed by atoms with Crippen molar-refractivity contribution >= 4 is 31.3 Å². The summed E-state index contributed by atoms with van der Waals surface area (Å²) in [6.07, 6.45) is 0.469. The van der Waals surface area contributed by atoms with Crippen LogP contribution in [0.25, 0.3) is 0 Å². The first-order valence-electron chi connectivity index (χ1n) is 3.06. The summed E-state index contributed by atoms with van der Waals surface area (Å²) >= 11 is 0. The van der Waals surface area contributed by atoms with Gasteiger partial charge in [0.15, 0.2) is 0 Å². The lowest BCUT2D eigenvalue weighted by molar-refractivity contribution is -0.139. The number of carboxylic acid groups (broad SMARTS) is 1. The van der Waals surface area contributed by atoms with Crippen molar-refractivity contribution in [3.8, 4) is 0 Å². The number of rotatable bonds is 5. The Kier molecular flexibility index (Phi) is 6.61. The van der Waals surface area contributed by atoms with Crippen molar-refractivity contribution < 1.29 is 9.90 Å². The van der Waals surface area contributed by atoms with E-state index < -0.39 is 19.5 Å². The number of aliphatic carboxylic acids is 1. The van der Waals surface area contributed by atoms with Crippen LogP contribution < -0.4 is 10.8 Å². The van der Waals surface area contributed by atoms with Gasteiger partial charge in [0.05, 0.1) is 0 Å². The zero-order valence-corrected chi connectivity index (χ0v) is 9.23. The topological polar surface area (TPSA) is 75.3 Å². The molecule has 0 aliphatic carbocycles. The number of hydrogen-bond donors (Lipinski definition) is 3. The van der Waals surface area contributed by atoms with E-state index in [1.54, 1.807) is 0 Å². The molecular formula is C4H13N2O2P3. The Balaban J connectivity index is 3.79. The summed E-state index contributed by atoms with van der Waals surface area (Å²) < 4.78 is 0. The number of nitrogens with one attached hydrogen (secondary N) is 1. The van der Waals surface area contributed by atoms with E-state index in [0.29, 0.717) is 13.0 Å². The molecule has 0 aliphatic rings. The Hall–Kier alpha value is 0.680. The second-order valence-corrected chi connectivity index (χ2v) is 8.20. The number of hydrogen-bond acceptors (Lipinski definition) is 3. The molecule has 3 atom stereocenters. The molecule has 0 aromatic rings. The quantitative estimate of drug-likeness (QED) is 0.577. The molecule has 0 heterocycles. The van der Waals surface area contributed by atoms with E-state index in [1.807, 2.05) is 0 Å². The third kappa shape index (κ3) is 5.90. The molecule has 0 saturated carbocycles. The lowest BCUT2D eigenvalue weighted by atomic mass is 10.2. The molecule has 0 aromatic carbocycles. The highest BCUT2D eigenvalue weighted by Crippen LogP contribution is 2.48. The number of carbonyl (C=O) groups is 1. The summed E-state index contributed by atoms with van der Waals surface area (Å²) in [6.45, 7) is 0.391. The fourth-order valence-electron chi connectivity index (χ4n) is 0.590. The van der Waals surface area contributed by atoms with Gasteiger partial charge in [-0.05, 0) is 20.4 Å². The van der Waals surface area contributed by atoms with Gasteiger partial charge in [0.25, 0.3) is 0 Å². The van der Waals surface area contributed by atoms with E-state index in [4.69, 9.17) is 10.8 Å². The van der Waals surface area contributed by atoms with Crippen LogP contribution in [0, 0.1) is 0 Å². The Morgan fingerprint density at radius 3 is 2.55 bits per heavy atom. The minimum atomic E-state index is -0.840. The first-order valence-corrected chi connectivity index (χ1v) is 7.64. The van der Waals surface area contributed by atoms with Gasteiger partial charge in [-0.1, -0.05) is 17.9 Å². The van der Waals surface area contributed by atoms with E-state index in [2.05, 4.69) is 22.9 Å². The lowest BCUT2D eigenvalue weighted by Crippen LogP contribution is -2.33. The van der Waals surface area contributed by atoms with E-state index in [9.17, 15) is 4.79 Å². The van der Waals surface area contributed by atoms with Crippen LogP contribution in [0.2, 0.25) is 0 Å². The molecule has 11 heavy (non-hydrogen) atoms.